The summed E-state index contributed by atoms with van der Waals surface area (Å²) in [6, 6.07) is 6.02. The van der Waals surface area contributed by atoms with Gasteiger partial charge >= 0.3 is 6.09 Å². The van der Waals surface area contributed by atoms with Gasteiger partial charge in [0.25, 0.3) is 0 Å². The molecule has 1 aliphatic rings. The fourth-order valence-electron chi connectivity index (χ4n) is 3.18. The van der Waals surface area contributed by atoms with Gasteiger partial charge < -0.3 is 19.5 Å². The molecular formula is C18H24N4O3. The molecule has 2 amide bonds. The van der Waals surface area contributed by atoms with Crippen molar-refractivity contribution in [3.05, 3.63) is 30.1 Å². The van der Waals surface area contributed by atoms with Crippen molar-refractivity contribution in [1.29, 1.82) is 0 Å². The van der Waals surface area contributed by atoms with Crippen LogP contribution in [0.5, 0.6) is 0 Å². The van der Waals surface area contributed by atoms with Crippen LogP contribution in [-0.2, 0) is 23.0 Å². The van der Waals surface area contributed by atoms with Crippen LogP contribution < -0.4 is 5.32 Å². The Hall–Kier alpha value is -2.57. The SMILES string of the molecule is CCOC(=O)N1CCC(NC(=O)Cc2ccc3c(c2)ncn3C)CC1. The van der Waals surface area contributed by atoms with Crippen molar-refractivity contribution in [1.82, 2.24) is 19.8 Å². The van der Waals surface area contributed by atoms with Crippen LogP contribution in [0.25, 0.3) is 11.0 Å². The van der Waals surface area contributed by atoms with Gasteiger partial charge in [0.05, 0.1) is 30.4 Å². The molecule has 0 bridgehead atoms. The zero-order valence-corrected chi connectivity index (χ0v) is 14.7. The molecule has 0 spiro atoms. The van der Waals surface area contributed by atoms with E-state index >= 15 is 0 Å². The number of rotatable bonds is 4. The van der Waals surface area contributed by atoms with Gasteiger partial charge in [0, 0.05) is 26.2 Å². The summed E-state index contributed by atoms with van der Waals surface area (Å²) in [4.78, 5) is 30.0. The van der Waals surface area contributed by atoms with Crippen LogP contribution in [0.2, 0.25) is 0 Å². The minimum absolute atomic E-state index is 0.00451. The molecule has 1 N–H and O–H groups in total. The third-order valence-corrected chi connectivity index (χ3v) is 4.54. The first-order valence-corrected chi connectivity index (χ1v) is 8.68. The molecule has 3 rings (SSSR count). The standard InChI is InChI=1S/C18H24N4O3/c1-3-25-18(24)22-8-6-14(7-9-22)20-17(23)11-13-4-5-16-15(10-13)19-12-21(16)2/h4-5,10,12,14H,3,6-9,11H2,1-2H3,(H,20,23). The first-order valence-electron chi connectivity index (χ1n) is 8.68. The number of amides is 2. The van der Waals surface area contributed by atoms with E-state index in [0.29, 0.717) is 26.1 Å². The third kappa shape index (κ3) is 4.10. The maximum atomic E-state index is 12.3. The summed E-state index contributed by atoms with van der Waals surface area (Å²) >= 11 is 0. The number of aromatic nitrogens is 2. The number of carbonyl (C=O) groups excluding carboxylic acids is 2. The van der Waals surface area contributed by atoms with Crippen LogP contribution in [0, 0.1) is 0 Å². The Kier molecular flexibility index (Phi) is 5.21. The highest BCUT2D eigenvalue weighted by Crippen LogP contribution is 2.15. The smallest absolute Gasteiger partial charge is 0.409 e. The Morgan fingerprint density at radius 1 is 1.32 bits per heavy atom. The first-order chi connectivity index (χ1) is 12.1. The van der Waals surface area contributed by atoms with Crippen LogP contribution >= 0.6 is 0 Å². The largest absolute Gasteiger partial charge is 0.450 e. The monoisotopic (exact) mass is 344 g/mol. The molecule has 25 heavy (non-hydrogen) atoms. The predicted octanol–water partition coefficient (Wildman–Crippen LogP) is 1.85. The summed E-state index contributed by atoms with van der Waals surface area (Å²) in [6.45, 7) is 3.41. The van der Waals surface area contributed by atoms with E-state index in [2.05, 4.69) is 10.3 Å². The molecule has 2 heterocycles. The number of fused-ring (bicyclic) bond motifs is 1. The zero-order valence-electron chi connectivity index (χ0n) is 14.7. The number of benzene rings is 1. The Morgan fingerprint density at radius 2 is 2.08 bits per heavy atom. The lowest BCUT2D eigenvalue weighted by Crippen LogP contribution is -2.47. The summed E-state index contributed by atoms with van der Waals surface area (Å²) in [5, 5.41) is 3.07. The van der Waals surface area contributed by atoms with E-state index in [9.17, 15) is 9.59 Å². The van der Waals surface area contributed by atoms with Gasteiger partial charge in [-0.25, -0.2) is 9.78 Å². The van der Waals surface area contributed by atoms with E-state index in [1.54, 1.807) is 18.2 Å². The van der Waals surface area contributed by atoms with E-state index in [1.165, 1.54) is 0 Å². The first kappa shape index (κ1) is 17.3. The molecular weight excluding hydrogens is 320 g/mol. The fourth-order valence-corrected chi connectivity index (χ4v) is 3.18. The molecule has 7 heteroatoms. The van der Waals surface area contributed by atoms with Crippen LogP contribution in [0.3, 0.4) is 0 Å². The van der Waals surface area contributed by atoms with Crippen molar-refractivity contribution in [2.24, 2.45) is 7.05 Å². The average molecular weight is 344 g/mol. The summed E-state index contributed by atoms with van der Waals surface area (Å²) < 4.78 is 6.96. The summed E-state index contributed by atoms with van der Waals surface area (Å²) in [5.74, 6) is 0.00451. The highest BCUT2D eigenvalue weighted by molar-refractivity contribution is 5.82. The lowest BCUT2D eigenvalue weighted by atomic mass is 10.0. The third-order valence-electron chi connectivity index (χ3n) is 4.54. The second-order valence-electron chi connectivity index (χ2n) is 6.38. The lowest BCUT2D eigenvalue weighted by molar-refractivity contribution is -0.121. The number of piperidine rings is 1. The molecule has 1 aromatic carbocycles. The van der Waals surface area contributed by atoms with E-state index in [1.807, 2.05) is 29.8 Å². The highest BCUT2D eigenvalue weighted by atomic mass is 16.6. The molecule has 1 saturated heterocycles. The summed E-state index contributed by atoms with van der Waals surface area (Å²) in [6.07, 6.45) is 3.35. The van der Waals surface area contributed by atoms with Crippen molar-refractivity contribution in [2.45, 2.75) is 32.2 Å². The van der Waals surface area contributed by atoms with Crippen LogP contribution in [0.15, 0.2) is 24.5 Å². The fraction of sp³-hybridized carbons (Fsp3) is 0.500. The number of ether oxygens (including phenoxy) is 1. The minimum Gasteiger partial charge on any atom is -0.450 e. The predicted molar refractivity (Wildman–Crippen MR) is 94.2 cm³/mol. The molecule has 1 aromatic heterocycles. The Balaban J connectivity index is 1.50. The quantitative estimate of drug-likeness (QED) is 0.918. The molecule has 7 nitrogen and oxygen atoms in total. The van der Waals surface area contributed by atoms with Crippen molar-refractivity contribution in [3.63, 3.8) is 0 Å². The molecule has 0 atom stereocenters. The van der Waals surface area contributed by atoms with Gasteiger partial charge in [-0.1, -0.05) is 6.07 Å². The van der Waals surface area contributed by atoms with Crippen molar-refractivity contribution in [3.8, 4) is 0 Å². The normalized spacial score (nSPS) is 15.4. The molecule has 1 aliphatic heterocycles. The second-order valence-corrected chi connectivity index (χ2v) is 6.38. The molecule has 0 aliphatic carbocycles. The van der Waals surface area contributed by atoms with Gasteiger partial charge in [0.15, 0.2) is 0 Å². The Labute approximate surface area is 147 Å². The van der Waals surface area contributed by atoms with E-state index < -0.39 is 0 Å². The van der Waals surface area contributed by atoms with Gasteiger partial charge in [0.1, 0.15) is 0 Å². The molecule has 134 valence electrons. The van der Waals surface area contributed by atoms with Gasteiger partial charge in [-0.2, -0.15) is 0 Å². The minimum atomic E-state index is -0.268. The summed E-state index contributed by atoms with van der Waals surface area (Å²) in [5.41, 5.74) is 2.90. The highest BCUT2D eigenvalue weighted by Gasteiger charge is 2.24. The van der Waals surface area contributed by atoms with Gasteiger partial charge in [-0.3, -0.25) is 4.79 Å². The Bertz CT molecular complexity index is 763. The maximum absolute atomic E-state index is 12.3. The van der Waals surface area contributed by atoms with E-state index in [-0.39, 0.29) is 18.0 Å². The average Bonchev–Trinajstić information content (AvgIpc) is 2.96. The van der Waals surface area contributed by atoms with Crippen molar-refractivity contribution < 1.29 is 14.3 Å². The molecule has 0 saturated carbocycles. The van der Waals surface area contributed by atoms with Gasteiger partial charge in [-0.15, -0.1) is 0 Å². The molecule has 0 unspecified atom stereocenters. The maximum Gasteiger partial charge on any atom is 0.409 e. The number of carbonyl (C=O) groups is 2. The van der Waals surface area contributed by atoms with Crippen LogP contribution in [-0.4, -0.2) is 52.2 Å². The molecule has 0 radical (unpaired) electrons. The topological polar surface area (TPSA) is 76.5 Å². The van der Waals surface area contributed by atoms with E-state index in [0.717, 1.165) is 29.4 Å². The van der Waals surface area contributed by atoms with Crippen LogP contribution in [0.4, 0.5) is 4.79 Å². The summed E-state index contributed by atoms with van der Waals surface area (Å²) in [7, 11) is 1.95. The number of hydrogen-bond donors (Lipinski definition) is 1. The number of nitrogens with zero attached hydrogens (tertiary/aromatic N) is 3. The number of aryl methyl sites for hydroxylation is 1. The van der Waals surface area contributed by atoms with Crippen molar-refractivity contribution in [2.75, 3.05) is 19.7 Å². The number of nitrogens with one attached hydrogen (secondary N) is 1. The van der Waals surface area contributed by atoms with Gasteiger partial charge in [0.2, 0.25) is 5.91 Å². The molecule has 2 aromatic rings. The lowest BCUT2D eigenvalue weighted by Gasteiger charge is -2.31. The van der Waals surface area contributed by atoms with E-state index in [4.69, 9.17) is 4.74 Å². The number of imidazole rings is 1. The number of hydrogen-bond acceptors (Lipinski definition) is 4. The molecule has 1 fully saturated rings. The Morgan fingerprint density at radius 3 is 2.80 bits per heavy atom. The van der Waals surface area contributed by atoms with Crippen LogP contribution in [0.1, 0.15) is 25.3 Å². The zero-order chi connectivity index (χ0) is 17.8. The van der Waals surface area contributed by atoms with Gasteiger partial charge in [-0.05, 0) is 37.5 Å². The van der Waals surface area contributed by atoms with Crippen molar-refractivity contribution >= 4 is 23.0 Å². The number of likely N-dealkylation sites (tertiary alicyclic amines) is 1. The second kappa shape index (κ2) is 7.55.